The smallest absolute Gasteiger partial charge is 0.325 e. The third-order valence-electron chi connectivity index (χ3n) is 4.35. The molecule has 136 valence electrons. The lowest BCUT2D eigenvalue weighted by molar-refractivity contribution is -0.127. The Kier molecular flexibility index (Phi) is 5.01. The molecule has 8 nitrogen and oxygen atoms in total. The molecule has 1 aromatic carbocycles. The Morgan fingerprint density at radius 1 is 1.35 bits per heavy atom. The van der Waals surface area contributed by atoms with Crippen LogP contribution in [-0.2, 0) is 4.79 Å². The molecule has 2 aliphatic rings. The van der Waals surface area contributed by atoms with Gasteiger partial charge in [0.25, 0.3) is 5.91 Å². The molecule has 2 heterocycles. The zero-order valence-electron chi connectivity index (χ0n) is 15.0. The molecule has 2 aliphatic heterocycles. The lowest BCUT2D eigenvalue weighted by atomic mass is 10.1. The number of carbonyl (C=O) groups excluding carboxylic acids is 2. The van der Waals surface area contributed by atoms with Gasteiger partial charge in [-0.3, -0.25) is 10.1 Å². The highest BCUT2D eigenvalue weighted by molar-refractivity contribution is 6.04. The van der Waals surface area contributed by atoms with E-state index in [-0.39, 0.29) is 5.91 Å². The molecule has 0 saturated carbocycles. The largest absolute Gasteiger partial charge is 0.326 e. The standard InChI is InChI=1S/C18H22N6O2/c1-4-24-14-15(23(3)18(26)20-16(14)25)19-17(24)22-21-12(2)10-11-13-8-6-5-7-9-13/h5-11,14-15H,4H2,1-3H3,(H,19,22)(H,20,25,26)/b11-10+,21-12-. The van der Waals surface area contributed by atoms with Crippen LogP contribution in [0.15, 0.2) is 46.5 Å². The van der Waals surface area contributed by atoms with Gasteiger partial charge in [0.05, 0.1) is 5.71 Å². The fourth-order valence-electron chi connectivity index (χ4n) is 2.92. The maximum absolute atomic E-state index is 12.2. The molecule has 2 N–H and O–H groups in total. The quantitative estimate of drug-likeness (QED) is 0.629. The van der Waals surface area contributed by atoms with E-state index in [1.54, 1.807) is 11.9 Å². The first kappa shape index (κ1) is 17.7. The Morgan fingerprint density at radius 2 is 2.08 bits per heavy atom. The van der Waals surface area contributed by atoms with Gasteiger partial charge in [0, 0.05) is 13.6 Å². The van der Waals surface area contributed by atoms with E-state index in [2.05, 4.69) is 20.8 Å². The highest BCUT2D eigenvalue weighted by atomic mass is 16.2. The first-order valence-corrected chi connectivity index (χ1v) is 8.46. The number of guanidine groups is 1. The zero-order valence-corrected chi connectivity index (χ0v) is 15.0. The molecule has 2 atom stereocenters. The van der Waals surface area contributed by atoms with Crippen molar-refractivity contribution in [2.45, 2.75) is 26.1 Å². The lowest BCUT2D eigenvalue weighted by Crippen LogP contribution is -2.64. The molecule has 3 amide bonds. The van der Waals surface area contributed by atoms with Crippen molar-refractivity contribution in [2.75, 3.05) is 13.6 Å². The molecule has 0 spiro atoms. The summed E-state index contributed by atoms with van der Waals surface area (Å²) in [4.78, 5) is 31.7. The summed E-state index contributed by atoms with van der Waals surface area (Å²) in [6.45, 7) is 4.36. The number of likely N-dealkylation sites (N-methyl/N-ethyl adjacent to an activating group) is 2. The van der Waals surface area contributed by atoms with Crippen LogP contribution in [0.5, 0.6) is 0 Å². The van der Waals surface area contributed by atoms with Crippen molar-refractivity contribution in [2.24, 2.45) is 10.1 Å². The second kappa shape index (κ2) is 7.38. The second-order valence-electron chi connectivity index (χ2n) is 6.11. The van der Waals surface area contributed by atoms with Crippen LogP contribution in [-0.4, -0.2) is 59.2 Å². The van der Waals surface area contributed by atoms with Gasteiger partial charge in [0.15, 0.2) is 12.2 Å². The minimum atomic E-state index is -0.547. The topological polar surface area (TPSA) is 89.4 Å². The number of nitrogens with one attached hydrogen (secondary N) is 2. The number of fused-ring (bicyclic) bond motifs is 1. The number of rotatable bonds is 4. The van der Waals surface area contributed by atoms with E-state index in [1.165, 1.54) is 4.90 Å². The highest BCUT2D eigenvalue weighted by Crippen LogP contribution is 2.22. The normalized spacial score (nSPS) is 23.2. The first-order valence-electron chi connectivity index (χ1n) is 8.46. The average molecular weight is 354 g/mol. The monoisotopic (exact) mass is 354 g/mol. The van der Waals surface area contributed by atoms with Crippen LogP contribution in [0.4, 0.5) is 4.79 Å². The summed E-state index contributed by atoms with van der Waals surface area (Å²) in [6.07, 6.45) is 3.31. The number of allylic oxidation sites excluding steroid dienone is 1. The molecule has 0 aromatic heterocycles. The molecule has 1 saturated heterocycles. The molecule has 0 bridgehead atoms. The predicted molar refractivity (Wildman–Crippen MR) is 100 cm³/mol. The van der Waals surface area contributed by atoms with Gasteiger partial charge in [0.2, 0.25) is 5.96 Å². The number of hydrogen-bond donors (Lipinski definition) is 2. The number of aliphatic imine (C=N–C) groups is 1. The maximum atomic E-state index is 12.2. The van der Waals surface area contributed by atoms with E-state index in [0.717, 1.165) is 11.3 Å². The summed E-state index contributed by atoms with van der Waals surface area (Å²) in [5, 5.41) is 6.67. The molecule has 0 aliphatic carbocycles. The van der Waals surface area contributed by atoms with Crippen LogP contribution in [0.3, 0.4) is 0 Å². The number of carbonyl (C=O) groups is 2. The number of benzene rings is 1. The molecule has 1 fully saturated rings. The van der Waals surface area contributed by atoms with Crippen molar-refractivity contribution in [3.63, 3.8) is 0 Å². The molecular formula is C18H22N6O2. The van der Waals surface area contributed by atoms with Crippen molar-refractivity contribution >= 4 is 29.7 Å². The zero-order chi connectivity index (χ0) is 18.7. The second-order valence-corrected chi connectivity index (χ2v) is 6.11. The Hall–Kier alpha value is -3.16. The number of imide groups is 1. The molecule has 26 heavy (non-hydrogen) atoms. The van der Waals surface area contributed by atoms with Crippen LogP contribution < -0.4 is 10.7 Å². The summed E-state index contributed by atoms with van der Waals surface area (Å²) in [6, 6.07) is 8.95. The van der Waals surface area contributed by atoms with Crippen molar-refractivity contribution in [3.8, 4) is 0 Å². The van der Waals surface area contributed by atoms with Crippen LogP contribution in [0.1, 0.15) is 19.4 Å². The van der Waals surface area contributed by atoms with E-state index in [4.69, 9.17) is 0 Å². The van der Waals surface area contributed by atoms with E-state index in [1.807, 2.05) is 56.3 Å². The van der Waals surface area contributed by atoms with Gasteiger partial charge in [-0.1, -0.05) is 36.4 Å². The third kappa shape index (κ3) is 3.44. The number of nitrogens with zero attached hydrogens (tertiary/aromatic N) is 4. The molecular weight excluding hydrogens is 332 g/mol. The summed E-state index contributed by atoms with van der Waals surface area (Å²) >= 11 is 0. The number of amides is 3. The molecule has 3 rings (SSSR count). The van der Waals surface area contributed by atoms with Crippen molar-refractivity contribution < 1.29 is 9.59 Å². The van der Waals surface area contributed by atoms with Crippen LogP contribution >= 0.6 is 0 Å². The summed E-state index contributed by atoms with van der Waals surface area (Å²) < 4.78 is 0. The van der Waals surface area contributed by atoms with Gasteiger partial charge in [-0.15, -0.1) is 0 Å². The van der Waals surface area contributed by atoms with E-state index < -0.39 is 18.2 Å². The van der Waals surface area contributed by atoms with Crippen molar-refractivity contribution in [1.29, 1.82) is 0 Å². The van der Waals surface area contributed by atoms with Gasteiger partial charge < -0.3 is 9.80 Å². The van der Waals surface area contributed by atoms with Crippen LogP contribution in [0.2, 0.25) is 0 Å². The first-order chi connectivity index (χ1) is 12.5. The van der Waals surface area contributed by atoms with E-state index in [0.29, 0.717) is 12.5 Å². The Morgan fingerprint density at radius 3 is 2.77 bits per heavy atom. The average Bonchev–Trinajstić information content (AvgIpc) is 3.03. The SMILES string of the molecule is CCN1C(N/N=C(C)\C=C\c2ccccc2)=NC2C1C(=O)NC(=O)N2C. The van der Waals surface area contributed by atoms with Crippen LogP contribution in [0.25, 0.3) is 6.08 Å². The summed E-state index contributed by atoms with van der Waals surface area (Å²) in [5.74, 6) is 0.136. The van der Waals surface area contributed by atoms with Gasteiger partial charge in [-0.2, -0.15) is 5.10 Å². The molecule has 8 heteroatoms. The molecule has 2 unspecified atom stereocenters. The van der Waals surface area contributed by atoms with E-state index >= 15 is 0 Å². The Bertz CT molecular complexity index is 786. The van der Waals surface area contributed by atoms with Crippen molar-refractivity contribution in [3.05, 3.63) is 42.0 Å². The lowest BCUT2D eigenvalue weighted by Gasteiger charge is -2.35. The van der Waals surface area contributed by atoms with Crippen LogP contribution in [0, 0.1) is 0 Å². The fourth-order valence-corrected chi connectivity index (χ4v) is 2.92. The number of hydrazone groups is 1. The maximum Gasteiger partial charge on any atom is 0.325 e. The summed E-state index contributed by atoms with van der Waals surface area (Å²) in [7, 11) is 1.62. The number of urea groups is 1. The minimum absolute atomic E-state index is 0.342. The minimum Gasteiger partial charge on any atom is -0.326 e. The van der Waals surface area contributed by atoms with Gasteiger partial charge in [-0.05, 0) is 25.5 Å². The predicted octanol–water partition coefficient (Wildman–Crippen LogP) is 1.23. The molecule has 1 aromatic rings. The molecule has 0 radical (unpaired) electrons. The summed E-state index contributed by atoms with van der Waals surface area (Å²) in [5.41, 5.74) is 4.77. The van der Waals surface area contributed by atoms with E-state index in [9.17, 15) is 9.59 Å². The fraction of sp³-hybridized carbons (Fsp3) is 0.333. The van der Waals surface area contributed by atoms with Gasteiger partial charge in [0.1, 0.15) is 0 Å². The third-order valence-corrected chi connectivity index (χ3v) is 4.35. The Balaban J connectivity index is 1.73. The van der Waals surface area contributed by atoms with Gasteiger partial charge in [-0.25, -0.2) is 15.2 Å². The van der Waals surface area contributed by atoms with Gasteiger partial charge >= 0.3 is 6.03 Å². The highest BCUT2D eigenvalue weighted by Gasteiger charge is 2.48. The number of hydrogen-bond acceptors (Lipinski definition) is 6. The Labute approximate surface area is 152 Å². The van der Waals surface area contributed by atoms with Crippen molar-refractivity contribution in [1.82, 2.24) is 20.5 Å².